The highest BCUT2D eigenvalue weighted by Gasteiger charge is 2.33. The maximum Gasteiger partial charge on any atom is 0.266 e. The molecule has 0 unspecified atom stereocenters. The average molecular weight is 485 g/mol. The summed E-state index contributed by atoms with van der Waals surface area (Å²) in [5.41, 5.74) is 3.67. The van der Waals surface area contributed by atoms with E-state index in [9.17, 15) is 9.59 Å². The molecule has 33 heavy (non-hydrogen) atoms. The van der Waals surface area contributed by atoms with Gasteiger partial charge in [0.25, 0.3) is 11.8 Å². The predicted octanol–water partition coefficient (Wildman–Crippen LogP) is 5.33. The molecule has 0 saturated carbocycles. The molecule has 3 rings (SSSR count). The lowest BCUT2D eigenvalue weighted by molar-refractivity contribution is -0.123. The van der Waals surface area contributed by atoms with Gasteiger partial charge in [-0.2, -0.15) is 0 Å². The van der Waals surface area contributed by atoms with Crippen LogP contribution in [-0.2, 0) is 9.59 Å². The zero-order valence-electron chi connectivity index (χ0n) is 19.4. The average Bonchev–Trinajstić information content (AvgIpc) is 3.02. The number of nitrogens with zero attached hydrogens (tertiary/aromatic N) is 1. The predicted molar refractivity (Wildman–Crippen MR) is 138 cm³/mol. The number of anilines is 1. The highest BCUT2D eigenvalue weighted by atomic mass is 32.2. The molecule has 2 amide bonds. The largest absolute Gasteiger partial charge is 0.490 e. The Morgan fingerprint density at radius 2 is 1.91 bits per heavy atom. The van der Waals surface area contributed by atoms with Crippen LogP contribution in [0.25, 0.3) is 6.08 Å². The van der Waals surface area contributed by atoms with Gasteiger partial charge >= 0.3 is 0 Å². The molecule has 1 N–H and O–H groups in total. The van der Waals surface area contributed by atoms with E-state index in [0.717, 1.165) is 22.4 Å². The van der Waals surface area contributed by atoms with Crippen LogP contribution in [0.1, 0.15) is 37.5 Å². The molecule has 1 aliphatic rings. The van der Waals surface area contributed by atoms with Crippen LogP contribution in [0, 0.1) is 13.8 Å². The Morgan fingerprint density at radius 1 is 1.15 bits per heavy atom. The van der Waals surface area contributed by atoms with Crippen molar-refractivity contribution >= 4 is 51.9 Å². The number of benzene rings is 2. The smallest absolute Gasteiger partial charge is 0.266 e. The zero-order chi connectivity index (χ0) is 24.1. The van der Waals surface area contributed by atoms with E-state index in [2.05, 4.69) is 5.32 Å². The zero-order valence-corrected chi connectivity index (χ0v) is 21.1. The fourth-order valence-electron chi connectivity index (χ4n) is 3.36. The molecule has 6 nitrogen and oxygen atoms in total. The number of ether oxygens (including phenoxy) is 2. The topological polar surface area (TPSA) is 67.9 Å². The second-order valence-corrected chi connectivity index (χ2v) is 9.62. The van der Waals surface area contributed by atoms with Gasteiger partial charge in [0.1, 0.15) is 4.32 Å². The van der Waals surface area contributed by atoms with Crippen molar-refractivity contribution in [3.8, 4) is 11.5 Å². The number of amides is 2. The van der Waals surface area contributed by atoms with E-state index in [-0.39, 0.29) is 24.5 Å². The molecule has 1 aliphatic heterocycles. The first-order chi connectivity index (χ1) is 15.7. The van der Waals surface area contributed by atoms with Crippen molar-refractivity contribution < 1.29 is 19.1 Å². The van der Waals surface area contributed by atoms with E-state index in [1.54, 1.807) is 23.1 Å². The standard InChI is InChI=1S/C25H28N2O4S2/c1-6-30-21-12-18(13-22-24(29)27(15(2)3)25(32)33-22)8-10-20(21)31-14-23(28)26-19-9-7-16(4)11-17(19)5/h7-13,15H,6,14H2,1-5H3,(H,26,28)/b22-13-. The first-order valence-electron chi connectivity index (χ1n) is 10.7. The van der Waals surface area contributed by atoms with Crippen molar-refractivity contribution in [3.05, 3.63) is 58.0 Å². The monoisotopic (exact) mass is 484 g/mol. The van der Waals surface area contributed by atoms with Gasteiger partial charge in [0, 0.05) is 11.7 Å². The number of nitrogens with one attached hydrogen (secondary N) is 1. The summed E-state index contributed by atoms with van der Waals surface area (Å²) < 4.78 is 12.0. The molecule has 0 bridgehead atoms. The first-order valence-corrected chi connectivity index (χ1v) is 12.0. The van der Waals surface area contributed by atoms with Crippen molar-refractivity contribution in [2.75, 3.05) is 18.5 Å². The van der Waals surface area contributed by atoms with Crippen molar-refractivity contribution in [3.63, 3.8) is 0 Å². The summed E-state index contributed by atoms with van der Waals surface area (Å²) in [5, 5.41) is 2.87. The van der Waals surface area contributed by atoms with Crippen LogP contribution in [0.3, 0.4) is 0 Å². The summed E-state index contributed by atoms with van der Waals surface area (Å²) in [6.45, 7) is 9.98. The van der Waals surface area contributed by atoms with Crippen LogP contribution in [0.4, 0.5) is 5.69 Å². The summed E-state index contributed by atoms with van der Waals surface area (Å²) >= 11 is 6.63. The molecule has 0 aliphatic carbocycles. The number of carbonyl (C=O) groups is 2. The minimum atomic E-state index is -0.258. The van der Waals surface area contributed by atoms with Gasteiger partial charge in [0.15, 0.2) is 18.1 Å². The van der Waals surface area contributed by atoms with Gasteiger partial charge < -0.3 is 14.8 Å². The Balaban J connectivity index is 1.71. The molecule has 0 atom stereocenters. The molecular weight excluding hydrogens is 456 g/mol. The van der Waals surface area contributed by atoms with E-state index in [4.69, 9.17) is 21.7 Å². The third kappa shape index (κ3) is 6.15. The lowest BCUT2D eigenvalue weighted by atomic mass is 10.1. The SMILES string of the molecule is CCOc1cc(/C=C2\SC(=S)N(C(C)C)C2=O)ccc1OCC(=O)Nc1ccc(C)cc1C. The number of rotatable bonds is 8. The van der Waals surface area contributed by atoms with Crippen molar-refractivity contribution in [2.24, 2.45) is 0 Å². The van der Waals surface area contributed by atoms with Gasteiger partial charge in [-0.3, -0.25) is 14.5 Å². The second kappa shape index (κ2) is 10.9. The van der Waals surface area contributed by atoms with Crippen molar-refractivity contribution in [1.82, 2.24) is 4.90 Å². The summed E-state index contributed by atoms with van der Waals surface area (Å²) in [6, 6.07) is 11.2. The highest BCUT2D eigenvalue weighted by molar-refractivity contribution is 8.26. The fraction of sp³-hybridized carbons (Fsp3) is 0.320. The molecule has 174 valence electrons. The summed E-state index contributed by atoms with van der Waals surface area (Å²) in [6.07, 6.45) is 1.79. The Morgan fingerprint density at radius 3 is 2.55 bits per heavy atom. The normalized spacial score (nSPS) is 14.8. The van der Waals surface area contributed by atoms with Gasteiger partial charge in [0.05, 0.1) is 11.5 Å². The Bertz CT molecular complexity index is 1110. The molecular formula is C25H28N2O4S2. The number of hydrogen-bond donors (Lipinski definition) is 1. The van der Waals surface area contributed by atoms with Crippen LogP contribution in [0.15, 0.2) is 41.3 Å². The fourth-order valence-corrected chi connectivity index (χ4v) is 4.89. The minimum Gasteiger partial charge on any atom is -0.490 e. The van der Waals surface area contributed by atoms with Crippen LogP contribution >= 0.6 is 24.0 Å². The van der Waals surface area contributed by atoms with Crippen molar-refractivity contribution in [1.29, 1.82) is 0 Å². The van der Waals surface area contributed by atoms with E-state index in [1.807, 2.05) is 58.9 Å². The molecule has 1 fully saturated rings. The summed E-state index contributed by atoms with van der Waals surface area (Å²) in [5.74, 6) is 0.608. The Hall–Kier alpha value is -2.84. The molecule has 2 aromatic rings. The summed E-state index contributed by atoms with van der Waals surface area (Å²) in [4.78, 5) is 27.2. The van der Waals surface area contributed by atoms with E-state index >= 15 is 0 Å². The number of hydrogen-bond acceptors (Lipinski definition) is 6. The molecule has 1 heterocycles. The van der Waals surface area contributed by atoms with E-state index in [0.29, 0.717) is 27.3 Å². The van der Waals surface area contributed by atoms with Gasteiger partial charge in [-0.1, -0.05) is 47.7 Å². The molecule has 2 aromatic carbocycles. The summed E-state index contributed by atoms with van der Waals surface area (Å²) in [7, 11) is 0. The van der Waals surface area contributed by atoms with Crippen LogP contribution in [0.2, 0.25) is 0 Å². The highest BCUT2D eigenvalue weighted by Crippen LogP contribution is 2.35. The molecule has 1 saturated heterocycles. The maximum absolute atomic E-state index is 12.7. The van der Waals surface area contributed by atoms with Crippen LogP contribution in [-0.4, -0.2) is 40.3 Å². The quantitative estimate of drug-likeness (QED) is 0.404. The number of carbonyl (C=O) groups excluding carboxylic acids is 2. The van der Waals surface area contributed by atoms with E-state index < -0.39 is 0 Å². The lowest BCUT2D eigenvalue weighted by Crippen LogP contribution is -2.34. The van der Waals surface area contributed by atoms with Crippen LogP contribution in [0.5, 0.6) is 11.5 Å². The lowest BCUT2D eigenvalue weighted by Gasteiger charge is -2.18. The number of thiocarbonyl (C=S) groups is 1. The number of aryl methyl sites for hydroxylation is 2. The third-order valence-electron chi connectivity index (χ3n) is 4.92. The van der Waals surface area contributed by atoms with Gasteiger partial charge in [-0.15, -0.1) is 0 Å². The molecule has 0 radical (unpaired) electrons. The number of thioether (sulfide) groups is 1. The van der Waals surface area contributed by atoms with Crippen LogP contribution < -0.4 is 14.8 Å². The third-order valence-corrected chi connectivity index (χ3v) is 6.25. The molecule has 8 heteroatoms. The van der Waals surface area contributed by atoms with Gasteiger partial charge in [-0.25, -0.2) is 0 Å². The molecule has 0 aromatic heterocycles. The first kappa shape index (κ1) is 24.8. The maximum atomic E-state index is 12.7. The van der Waals surface area contributed by atoms with Gasteiger partial charge in [-0.05, 0) is 70.0 Å². The van der Waals surface area contributed by atoms with E-state index in [1.165, 1.54) is 11.8 Å². The van der Waals surface area contributed by atoms with Crippen molar-refractivity contribution in [2.45, 2.75) is 40.7 Å². The molecule has 0 spiro atoms. The second-order valence-electron chi connectivity index (χ2n) is 7.94. The van der Waals surface area contributed by atoms with Gasteiger partial charge in [0.2, 0.25) is 0 Å². The minimum absolute atomic E-state index is 0.00741. The Kier molecular flexibility index (Phi) is 8.15. The Labute approximate surface area is 204 Å².